The fourth-order valence-corrected chi connectivity index (χ4v) is 2.37. The van der Waals surface area contributed by atoms with E-state index in [0.29, 0.717) is 0 Å². The number of rotatable bonds is 5. The highest BCUT2D eigenvalue weighted by atomic mass is 16.6. The SMILES string of the molecule is Cc1cc(C)c(NC(=O)CO/N=C(/N)c2ccccc2)c(C)c1. The Kier molecular flexibility index (Phi) is 5.36. The topological polar surface area (TPSA) is 76.7 Å². The van der Waals surface area contributed by atoms with Crippen molar-refractivity contribution in [3.05, 3.63) is 64.7 Å². The number of nitrogens with one attached hydrogen (secondary N) is 1. The van der Waals surface area contributed by atoms with E-state index < -0.39 is 0 Å². The molecule has 0 fully saturated rings. The van der Waals surface area contributed by atoms with E-state index in [4.69, 9.17) is 10.6 Å². The van der Waals surface area contributed by atoms with E-state index in [2.05, 4.69) is 10.5 Å². The van der Waals surface area contributed by atoms with E-state index in [1.165, 1.54) is 0 Å². The van der Waals surface area contributed by atoms with Crippen molar-refractivity contribution in [3.63, 3.8) is 0 Å². The van der Waals surface area contributed by atoms with Crippen molar-refractivity contribution in [1.82, 2.24) is 0 Å². The number of benzene rings is 2. The van der Waals surface area contributed by atoms with Crippen molar-refractivity contribution in [2.45, 2.75) is 20.8 Å². The molecule has 2 rings (SSSR count). The molecular formula is C18H21N3O2. The molecule has 1 amide bonds. The van der Waals surface area contributed by atoms with Gasteiger partial charge in [-0.25, -0.2) is 0 Å². The second kappa shape index (κ2) is 7.45. The molecule has 23 heavy (non-hydrogen) atoms. The molecule has 0 radical (unpaired) electrons. The van der Waals surface area contributed by atoms with Crippen molar-refractivity contribution < 1.29 is 9.63 Å². The Morgan fingerprint density at radius 1 is 1.13 bits per heavy atom. The summed E-state index contributed by atoms with van der Waals surface area (Å²) in [6.07, 6.45) is 0. The average molecular weight is 311 g/mol. The molecule has 0 bridgehead atoms. The Morgan fingerprint density at radius 2 is 1.74 bits per heavy atom. The number of carbonyl (C=O) groups is 1. The maximum atomic E-state index is 12.0. The van der Waals surface area contributed by atoms with Gasteiger partial charge in [0.1, 0.15) is 0 Å². The molecule has 0 heterocycles. The quantitative estimate of drug-likeness (QED) is 0.506. The van der Waals surface area contributed by atoms with Gasteiger partial charge in [-0.2, -0.15) is 0 Å². The first-order chi connectivity index (χ1) is 11.0. The van der Waals surface area contributed by atoms with Crippen LogP contribution < -0.4 is 11.1 Å². The van der Waals surface area contributed by atoms with Gasteiger partial charge in [0.05, 0.1) is 0 Å². The summed E-state index contributed by atoms with van der Waals surface area (Å²) in [7, 11) is 0. The standard InChI is InChI=1S/C18H21N3O2/c1-12-9-13(2)17(14(3)10-12)20-16(22)11-23-21-18(19)15-7-5-4-6-8-15/h4-10H,11H2,1-3H3,(H2,19,21)(H,20,22). The smallest absolute Gasteiger partial charge is 0.265 e. The van der Waals surface area contributed by atoms with Gasteiger partial charge in [-0.05, 0) is 31.9 Å². The first-order valence-electron chi connectivity index (χ1n) is 7.36. The lowest BCUT2D eigenvalue weighted by Gasteiger charge is -2.12. The lowest BCUT2D eigenvalue weighted by atomic mass is 10.1. The highest BCUT2D eigenvalue weighted by molar-refractivity contribution is 5.97. The maximum absolute atomic E-state index is 12.0. The van der Waals surface area contributed by atoms with E-state index in [9.17, 15) is 4.79 Å². The van der Waals surface area contributed by atoms with Gasteiger partial charge in [-0.1, -0.05) is 53.2 Å². The first kappa shape index (κ1) is 16.5. The van der Waals surface area contributed by atoms with E-state index in [1.807, 2.05) is 63.2 Å². The molecule has 2 aromatic carbocycles. The van der Waals surface area contributed by atoms with Crippen molar-refractivity contribution >= 4 is 17.4 Å². The third kappa shape index (κ3) is 4.57. The van der Waals surface area contributed by atoms with Crippen LogP contribution in [0, 0.1) is 20.8 Å². The van der Waals surface area contributed by atoms with Crippen molar-refractivity contribution in [3.8, 4) is 0 Å². The Balaban J connectivity index is 1.94. The van der Waals surface area contributed by atoms with Crippen molar-refractivity contribution in [2.75, 3.05) is 11.9 Å². The van der Waals surface area contributed by atoms with Crippen LogP contribution in [-0.4, -0.2) is 18.3 Å². The van der Waals surface area contributed by atoms with Gasteiger partial charge in [0.15, 0.2) is 12.4 Å². The second-order valence-corrected chi connectivity index (χ2v) is 5.44. The van der Waals surface area contributed by atoms with Crippen LogP contribution in [0.4, 0.5) is 5.69 Å². The number of amidine groups is 1. The lowest BCUT2D eigenvalue weighted by Crippen LogP contribution is -2.20. The summed E-state index contributed by atoms with van der Waals surface area (Å²) in [5.74, 6) is -0.0363. The summed E-state index contributed by atoms with van der Waals surface area (Å²) >= 11 is 0. The zero-order valence-corrected chi connectivity index (χ0v) is 13.6. The molecule has 5 nitrogen and oxygen atoms in total. The molecule has 0 aliphatic carbocycles. The Bertz CT molecular complexity index is 701. The minimum Gasteiger partial charge on any atom is -0.384 e. The van der Waals surface area contributed by atoms with Crippen LogP contribution in [0.15, 0.2) is 47.6 Å². The molecule has 0 saturated heterocycles. The van der Waals surface area contributed by atoms with E-state index in [0.717, 1.165) is 27.9 Å². The molecule has 5 heteroatoms. The number of hydrogen-bond donors (Lipinski definition) is 2. The third-order valence-electron chi connectivity index (χ3n) is 3.37. The van der Waals surface area contributed by atoms with Crippen LogP contribution in [-0.2, 0) is 9.63 Å². The molecule has 0 aromatic heterocycles. The Labute approximate surface area is 136 Å². The van der Waals surface area contributed by atoms with Gasteiger partial charge < -0.3 is 15.9 Å². The minimum atomic E-state index is -0.273. The first-order valence-corrected chi connectivity index (χ1v) is 7.36. The minimum absolute atomic E-state index is 0.194. The summed E-state index contributed by atoms with van der Waals surface area (Å²) < 4.78 is 0. The van der Waals surface area contributed by atoms with Crippen LogP contribution >= 0.6 is 0 Å². The maximum Gasteiger partial charge on any atom is 0.265 e. The van der Waals surface area contributed by atoms with Crippen molar-refractivity contribution in [1.29, 1.82) is 0 Å². The Morgan fingerprint density at radius 3 is 2.35 bits per heavy atom. The van der Waals surface area contributed by atoms with Gasteiger partial charge in [0.2, 0.25) is 0 Å². The van der Waals surface area contributed by atoms with E-state index in [1.54, 1.807) is 0 Å². The summed E-state index contributed by atoms with van der Waals surface area (Å²) in [5, 5.41) is 6.61. The predicted molar refractivity (Wildman–Crippen MR) is 92.4 cm³/mol. The number of carbonyl (C=O) groups excluding carboxylic acids is 1. The second-order valence-electron chi connectivity index (χ2n) is 5.44. The highest BCUT2D eigenvalue weighted by Gasteiger charge is 2.09. The molecule has 3 N–H and O–H groups in total. The molecular weight excluding hydrogens is 290 g/mol. The molecule has 0 atom stereocenters. The van der Waals surface area contributed by atoms with Crippen LogP contribution in [0.3, 0.4) is 0 Å². The highest BCUT2D eigenvalue weighted by Crippen LogP contribution is 2.21. The van der Waals surface area contributed by atoms with Crippen LogP contribution in [0.2, 0.25) is 0 Å². The number of aryl methyl sites for hydroxylation is 3. The molecule has 0 aliphatic heterocycles. The third-order valence-corrected chi connectivity index (χ3v) is 3.37. The van der Waals surface area contributed by atoms with Crippen LogP contribution in [0.5, 0.6) is 0 Å². The predicted octanol–water partition coefficient (Wildman–Crippen LogP) is 2.89. The Hall–Kier alpha value is -2.82. The van der Waals surface area contributed by atoms with Gasteiger partial charge in [0.25, 0.3) is 5.91 Å². The van der Waals surface area contributed by atoms with Gasteiger partial charge in [0, 0.05) is 11.3 Å². The number of nitrogens with two attached hydrogens (primary N) is 1. The normalized spacial score (nSPS) is 11.2. The number of amides is 1. The lowest BCUT2D eigenvalue weighted by molar-refractivity contribution is -0.120. The molecule has 0 spiro atoms. The number of nitrogens with zero attached hydrogens (tertiary/aromatic N) is 1. The molecule has 120 valence electrons. The fourth-order valence-electron chi connectivity index (χ4n) is 2.37. The van der Waals surface area contributed by atoms with E-state index >= 15 is 0 Å². The largest absolute Gasteiger partial charge is 0.384 e. The average Bonchev–Trinajstić information content (AvgIpc) is 2.51. The molecule has 2 aromatic rings. The summed E-state index contributed by atoms with van der Waals surface area (Å²) in [6.45, 7) is 5.75. The zero-order chi connectivity index (χ0) is 16.8. The van der Waals surface area contributed by atoms with Gasteiger partial charge in [-0.15, -0.1) is 0 Å². The fraction of sp³-hybridized carbons (Fsp3) is 0.222. The summed E-state index contributed by atoms with van der Waals surface area (Å²) in [6, 6.07) is 13.3. The van der Waals surface area contributed by atoms with Crippen LogP contribution in [0.1, 0.15) is 22.3 Å². The van der Waals surface area contributed by atoms with Crippen molar-refractivity contribution in [2.24, 2.45) is 10.9 Å². The summed E-state index contributed by atoms with van der Waals surface area (Å²) in [4.78, 5) is 17.0. The monoisotopic (exact) mass is 311 g/mol. The summed E-state index contributed by atoms with van der Waals surface area (Å²) in [5.41, 5.74) is 10.5. The molecule has 0 aliphatic rings. The molecule has 0 saturated carbocycles. The van der Waals surface area contributed by atoms with Gasteiger partial charge in [-0.3, -0.25) is 4.79 Å². The number of hydrogen-bond acceptors (Lipinski definition) is 3. The number of anilines is 1. The van der Waals surface area contributed by atoms with Crippen LogP contribution in [0.25, 0.3) is 0 Å². The van der Waals surface area contributed by atoms with Gasteiger partial charge >= 0.3 is 0 Å². The zero-order valence-electron chi connectivity index (χ0n) is 13.6. The number of oxime groups is 1. The van der Waals surface area contributed by atoms with E-state index in [-0.39, 0.29) is 18.3 Å². The molecule has 0 unspecified atom stereocenters.